The molecule has 2 bridgehead atoms. The number of anilines is 1. The summed E-state index contributed by atoms with van der Waals surface area (Å²) >= 11 is 0. The zero-order valence-corrected chi connectivity index (χ0v) is 11.9. The summed E-state index contributed by atoms with van der Waals surface area (Å²) in [5.41, 5.74) is -0.275. The number of carbonyl (C=O) groups is 2. The van der Waals surface area contributed by atoms with Crippen LogP contribution in [0.5, 0.6) is 5.75 Å². The molecule has 1 aromatic rings. The molecular formula is C15H14N2O6. The van der Waals surface area contributed by atoms with E-state index in [1.54, 1.807) is 0 Å². The quantitative estimate of drug-likeness (QED) is 0.336. The van der Waals surface area contributed by atoms with Crippen LogP contribution in [-0.2, 0) is 9.59 Å². The Kier molecular flexibility index (Phi) is 3.51. The first-order valence-corrected chi connectivity index (χ1v) is 7.08. The Morgan fingerprint density at radius 3 is 2.43 bits per heavy atom. The number of nitrogens with one attached hydrogen (secondary N) is 1. The fourth-order valence-corrected chi connectivity index (χ4v) is 3.47. The summed E-state index contributed by atoms with van der Waals surface area (Å²) in [7, 11) is 0. The summed E-state index contributed by atoms with van der Waals surface area (Å²) in [4.78, 5) is 33.8. The van der Waals surface area contributed by atoms with E-state index in [-0.39, 0.29) is 23.2 Å². The van der Waals surface area contributed by atoms with Crippen LogP contribution in [0.3, 0.4) is 0 Å². The van der Waals surface area contributed by atoms with Gasteiger partial charge >= 0.3 is 5.97 Å². The standard InChI is InChI=1S/C15H14N2O6/c18-11-6-9(17(22)23)3-4-10(11)16-14(19)12-7-1-2-8(5-7)13(12)15(20)21/h1-4,6-8,12-13,18H,5H2,(H,16,19)(H,20,21)/t7-,8+,12-,13+/m1/s1. The number of aromatic hydroxyl groups is 1. The molecule has 1 saturated carbocycles. The van der Waals surface area contributed by atoms with Gasteiger partial charge in [0.2, 0.25) is 5.91 Å². The predicted molar refractivity (Wildman–Crippen MR) is 78.7 cm³/mol. The third-order valence-corrected chi connectivity index (χ3v) is 4.50. The van der Waals surface area contributed by atoms with Gasteiger partial charge in [0.1, 0.15) is 5.75 Å². The van der Waals surface area contributed by atoms with E-state index >= 15 is 0 Å². The molecule has 0 aliphatic heterocycles. The number of allylic oxidation sites excluding steroid dienone is 2. The van der Waals surface area contributed by atoms with Gasteiger partial charge in [-0.1, -0.05) is 12.2 Å². The van der Waals surface area contributed by atoms with Crippen molar-refractivity contribution in [3.63, 3.8) is 0 Å². The van der Waals surface area contributed by atoms with E-state index in [9.17, 15) is 29.9 Å². The van der Waals surface area contributed by atoms with Crippen LogP contribution in [-0.4, -0.2) is 27.0 Å². The maximum atomic E-state index is 12.4. The minimum absolute atomic E-state index is 0.0245. The van der Waals surface area contributed by atoms with Gasteiger partial charge < -0.3 is 15.5 Å². The van der Waals surface area contributed by atoms with Crippen molar-refractivity contribution in [2.75, 3.05) is 5.32 Å². The van der Waals surface area contributed by atoms with Crippen LogP contribution >= 0.6 is 0 Å². The predicted octanol–water partition coefficient (Wildman–Crippen LogP) is 1.76. The number of nitro benzene ring substituents is 1. The maximum Gasteiger partial charge on any atom is 0.307 e. The Morgan fingerprint density at radius 2 is 1.87 bits per heavy atom. The van der Waals surface area contributed by atoms with Crippen molar-refractivity contribution >= 4 is 23.3 Å². The van der Waals surface area contributed by atoms with Crippen molar-refractivity contribution in [3.8, 4) is 5.75 Å². The largest absolute Gasteiger partial charge is 0.506 e. The number of benzene rings is 1. The third-order valence-electron chi connectivity index (χ3n) is 4.50. The van der Waals surface area contributed by atoms with Crippen molar-refractivity contribution in [1.29, 1.82) is 0 Å². The molecular weight excluding hydrogens is 304 g/mol. The number of carboxylic acids is 1. The van der Waals surface area contributed by atoms with E-state index in [0.717, 1.165) is 12.1 Å². The van der Waals surface area contributed by atoms with Gasteiger partial charge in [0.15, 0.2) is 0 Å². The third kappa shape index (κ3) is 2.52. The Bertz CT molecular complexity index is 729. The Labute approximate surface area is 130 Å². The molecule has 0 saturated heterocycles. The number of nitrogens with zero attached hydrogens (tertiary/aromatic N) is 1. The number of non-ortho nitro benzene ring substituents is 1. The maximum absolute atomic E-state index is 12.4. The van der Waals surface area contributed by atoms with Crippen LogP contribution < -0.4 is 5.32 Å². The van der Waals surface area contributed by atoms with E-state index < -0.39 is 34.4 Å². The van der Waals surface area contributed by atoms with E-state index in [4.69, 9.17) is 0 Å². The van der Waals surface area contributed by atoms with Gasteiger partial charge in [-0.25, -0.2) is 0 Å². The van der Waals surface area contributed by atoms with Gasteiger partial charge in [-0.15, -0.1) is 0 Å². The van der Waals surface area contributed by atoms with Crippen molar-refractivity contribution in [2.45, 2.75) is 6.42 Å². The molecule has 8 nitrogen and oxygen atoms in total. The number of rotatable bonds is 4. The molecule has 0 spiro atoms. The van der Waals surface area contributed by atoms with E-state index in [2.05, 4.69) is 5.32 Å². The van der Waals surface area contributed by atoms with Crippen LogP contribution in [0.25, 0.3) is 0 Å². The van der Waals surface area contributed by atoms with Crippen molar-refractivity contribution in [3.05, 3.63) is 40.5 Å². The van der Waals surface area contributed by atoms with Crippen LogP contribution in [0.1, 0.15) is 6.42 Å². The van der Waals surface area contributed by atoms with Gasteiger partial charge in [-0.2, -0.15) is 0 Å². The summed E-state index contributed by atoms with van der Waals surface area (Å²) in [6.07, 6.45) is 4.31. The molecule has 4 atom stereocenters. The van der Waals surface area contributed by atoms with Crippen molar-refractivity contribution in [1.82, 2.24) is 0 Å². The minimum atomic E-state index is -1.02. The van der Waals surface area contributed by atoms with E-state index in [1.807, 2.05) is 12.2 Å². The first-order chi connectivity index (χ1) is 10.9. The summed E-state index contributed by atoms with van der Waals surface area (Å²) in [5, 5.41) is 32.2. The lowest BCUT2D eigenvalue weighted by Crippen LogP contribution is -2.36. The van der Waals surface area contributed by atoms with Crippen molar-refractivity contribution < 1.29 is 24.7 Å². The molecule has 1 fully saturated rings. The van der Waals surface area contributed by atoms with E-state index in [1.165, 1.54) is 6.07 Å². The Morgan fingerprint density at radius 1 is 1.22 bits per heavy atom. The number of hydrogen-bond acceptors (Lipinski definition) is 5. The van der Waals surface area contributed by atoms with Crippen LogP contribution in [0.15, 0.2) is 30.4 Å². The van der Waals surface area contributed by atoms with E-state index in [0.29, 0.717) is 6.42 Å². The number of carboxylic acid groups (broad SMARTS) is 1. The summed E-state index contributed by atoms with van der Waals surface area (Å²) < 4.78 is 0. The molecule has 0 unspecified atom stereocenters. The van der Waals surface area contributed by atoms with Gasteiger partial charge in [0, 0.05) is 6.07 Å². The molecule has 120 valence electrons. The topological polar surface area (TPSA) is 130 Å². The second-order valence-corrected chi connectivity index (χ2v) is 5.79. The highest BCUT2D eigenvalue weighted by Crippen LogP contribution is 2.48. The fourth-order valence-electron chi connectivity index (χ4n) is 3.47. The molecule has 1 amide bonds. The lowest BCUT2D eigenvalue weighted by molar-refractivity contribution is -0.384. The fraction of sp³-hybridized carbons (Fsp3) is 0.333. The lowest BCUT2D eigenvalue weighted by atomic mass is 9.82. The number of aliphatic carboxylic acids is 1. The highest BCUT2D eigenvalue weighted by molar-refractivity contribution is 5.97. The average Bonchev–Trinajstić information content (AvgIpc) is 3.09. The highest BCUT2D eigenvalue weighted by Gasteiger charge is 2.51. The average molecular weight is 318 g/mol. The highest BCUT2D eigenvalue weighted by atomic mass is 16.6. The van der Waals surface area contributed by atoms with Crippen molar-refractivity contribution in [2.24, 2.45) is 23.7 Å². The molecule has 3 N–H and O–H groups in total. The molecule has 2 aliphatic carbocycles. The SMILES string of the molecule is O=C(O)[C@@H]1[C@H](C(=O)Nc2ccc([N+](=O)[O-])cc2O)[C@@H]2C=C[C@H]1C2. The number of fused-ring (bicyclic) bond motifs is 2. The smallest absolute Gasteiger partial charge is 0.307 e. The molecule has 0 heterocycles. The number of hydrogen-bond donors (Lipinski definition) is 3. The summed E-state index contributed by atoms with van der Waals surface area (Å²) in [6, 6.07) is 3.32. The van der Waals surface area contributed by atoms with Gasteiger partial charge in [-0.05, 0) is 24.3 Å². The number of carbonyl (C=O) groups excluding carboxylic acids is 1. The Hall–Kier alpha value is -2.90. The molecule has 1 aromatic carbocycles. The number of phenolic OH excluding ortho intramolecular Hbond substituents is 1. The van der Waals surface area contributed by atoms with Crippen LogP contribution in [0.4, 0.5) is 11.4 Å². The second kappa shape index (κ2) is 5.38. The zero-order chi connectivity index (χ0) is 16.7. The Balaban J connectivity index is 1.81. The minimum Gasteiger partial charge on any atom is -0.506 e. The molecule has 0 radical (unpaired) electrons. The number of nitro groups is 1. The summed E-state index contributed by atoms with van der Waals surface area (Å²) in [5.74, 6) is -3.74. The molecule has 0 aromatic heterocycles. The van der Waals surface area contributed by atoms with Crippen LogP contribution in [0.2, 0.25) is 0 Å². The summed E-state index contributed by atoms with van der Waals surface area (Å²) in [6.45, 7) is 0. The first kappa shape index (κ1) is 15.0. The zero-order valence-electron chi connectivity index (χ0n) is 11.9. The second-order valence-electron chi connectivity index (χ2n) is 5.79. The normalized spacial score (nSPS) is 27.8. The van der Waals surface area contributed by atoms with Gasteiger partial charge in [0.25, 0.3) is 5.69 Å². The van der Waals surface area contributed by atoms with Gasteiger partial charge in [0.05, 0.1) is 28.5 Å². The number of amides is 1. The first-order valence-electron chi connectivity index (χ1n) is 7.08. The monoisotopic (exact) mass is 318 g/mol. The lowest BCUT2D eigenvalue weighted by Gasteiger charge is -2.24. The number of phenols is 1. The molecule has 2 aliphatic rings. The molecule has 3 rings (SSSR count). The molecule has 23 heavy (non-hydrogen) atoms. The van der Waals surface area contributed by atoms with Gasteiger partial charge in [-0.3, -0.25) is 19.7 Å². The molecule has 8 heteroatoms. The van der Waals surface area contributed by atoms with Crippen LogP contribution in [0, 0.1) is 33.8 Å².